The molecular formula is C14H13ClN2S2. The second kappa shape index (κ2) is 4.78. The van der Waals surface area contributed by atoms with Crippen molar-refractivity contribution >= 4 is 22.7 Å². The first-order chi connectivity index (χ1) is 8.84. The van der Waals surface area contributed by atoms with Crippen LogP contribution < -0.4 is 17.0 Å². The monoisotopic (exact) mass is 308 g/mol. The number of aryl methyl sites for hydroxylation is 2. The van der Waals surface area contributed by atoms with Crippen molar-refractivity contribution < 1.29 is 17.0 Å². The average molecular weight is 309 g/mol. The molecule has 0 aromatic carbocycles. The summed E-state index contributed by atoms with van der Waals surface area (Å²) in [5.41, 5.74) is 4.18. The molecule has 0 fully saturated rings. The third-order valence-electron chi connectivity index (χ3n) is 3.58. The molecule has 3 aromatic heterocycles. The maximum Gasteiger partial charge on any atom is 0.297 e. The highest BCUT2D eigenvalue weighted by Crippen LogP contribution is 2.35. The Morgan fingerprint density at radius 2 is 2.05 bits per heavy atom. The fourth-order valence-electron chi connectivity index (χ4n) is 2.75. The fourth-order valence-corrected chi connectivity index (χ4v) is 4.39. The third-order valence-corrected chi connectivity index (χ3v) is 5.44. The van der Waals surface area contributed by atoms with E-state index in [4.69, 9.17) is 0 Å². The predicted octanol–water partition coefficient (Wildman–Crippen LogP) is 0.399. The molecule has 0 atom stereocenters. The van der Waals surface area contributed by atoms with E-state index < -0.39 is 0 Å². The van der Waals surface area contributed by atoms with Crippen molar-refractivity contribution in [1.29, 1.82) is 0 Å². The number of rotatable bonds is 1. The number of halogens is 1. The zero-order valence-electron chi connectivity index (χ0n) is 10.4. The molecule has 0 aliphatic heterocycles. The van der Waals surface area contributed by atoms with Gasteiger partial charge in [-0.15, -0.1) is 22.7 Å². The SMILES string of the molecule is C[n+]1c(-c2cccs2)[nH]c2c1-c1ccsc1CC2.[Cl-]. The first-order valence-electron chi connectivity index (χ1n) is 6.06. The van der Waals surface area contributed by atoms with Crippen molar-refractivity contribution in [2.75, 3.05) is 0 Å². The summed E-state index contributed by atoms with van der Waals surface area (Å²) < 4.78 is 2.31. The summed E-state index contributed by atoms with van der Waals surface area (Å²) in [7, 11) is 2.16. The van der Waals surface area contributed by atoms with Crippen molar-refractivity contribution in [2.45, 2.75) is 12.8 Å². The number of nitrogens with one attached hydrogen (secondary N) is 1. The van der Waals surface area contributed by atoms with Crippen molar-refractivity contribution in [2.24, 2.45) is 7.05 Å². The molecule has 0 bridgehead atoms. The van der Waals surface area contributed by atoms with Gasteiger partial charge < -0.3 is 12.4 Å². The molecule has 3 heterocycles. The molecule has 0 radical (unpaired) electrons. The lowest BCUT2D eigenvalue weighted by molar-refractivity contribution is -0.648. The van der Waals surface area contributed by atoms with Crippen LogP contribution in [0.4, 0.5) is 0 Å². The maximum atomic E-state index is 3.61. The van der Waals surface area contributed by atoms with Crippen LogP contribution in [0.3, 0.4) is 0 Å². The van der Waals surface area contributed by atoms with Crippen LogP contribution in [0.25, 0.3) is 22.0 Å². The largest absolute Gasteiger partial charge is 1.00 e. The molecule has 1 aliphatic rings. The highest BCUT2D eigenvalue weighted by atomic mass is 35.5. The summed E-state index contributed by atoms with van der Waals surface area (Å²) in [6.45, 7) is 0. The zero-order valence-corrected chi connectivity index (χ0v) is 12.8. The molecule has 0 spiro atoms. The molecule has 0 saturated carbocycles. The van der Waals surface area contributed by atoms with Gasteiger partial charge in [-0.25, -0.2) is 9.55 Å². The van der Waals surface area contributed by atoms with Gasteiger partial charge in [0.25, 0.3) is 5.82 Å². The Balaban J connectivity index is 0.00000110. The highest BCUT2D eigenvalue weighted by molar-refractivity contribution is 7.13. The second-order valence-corrected chi connectivity index (χ2v) is 6.54. The smallest absolute Gasteiger partial charge is 0.297 e. The number of nitrogens with zero attached hydrogens (tertiary/aromatic N) is 1. The molecule has 1 N–H and O–H groups in total. The molecule has 4 rings (SSSR count). The van der Waals surface area contributed by atoms with Crippen LogP contribution in [0.15, 0.2) is 29.0 Å². The van der Waals surface area contributed by atoms with E-state index in [2.05, 4.69) is 45.6 Å². The molecule has 3 aromatic rings. The Hall–Kier alpha value is -1.10. The number of H-pyrrole nitrogens is 1. The van der Waals surface area contributed by atoms with Crippen molar-refractivity contribution in [3.8, 4) is 22.0 Å². The van der Waals surface area contributed by atoms with Crippen LogP contribution in [-0.2, 0) is 19.9 Å². The van der Waals surface area contributed by atoms with Gasteiger partial charge in [0.15, 0.2) is 5.69 Å². The normalized spacial score (nSPS) is 12.7. The summed E-state index contributed by atoms with van der Waals surface area (Å²) in [5.74, 6) is 1.23. The first kappa shape index (κ1) is 12.9. The average Bonchev–Trinajstić information content (AvgIpc) is 3.06. The van der Waals surface area contributed by atoms with Gasteiger partial charge >= 0.3 is 0 Å². The van der Waals surface area contributed by atoms with E-state index in [0.717, 1.165) is 6.42 Å². The summed E-state index contributed by atoms with van der Waals surface area (Å²) in [6.07, 6.45) is 2.30. The van der Waals surface area contributed by atoms with Crippen LogP contribution in [0.1, 0.15) is 10.6 Å². The quantitative estimate of drug-likeness (QED) is 0.628. The summed E-state index contributed by atoms with van der Waals surface area (Å²) in [6, 6.07) is 6.54. The number of thiophene rings is 2. The fraction of sp³-hybridized carbons (Fsp3) is 0.214. The summed E-state index contributed by atoms with van der Waals surface area (Å²) >= 11 is 3.67. The molecule has 0 saturated heterocycles. The van der Waals surface area contributed by atoms with Crippen LogP contribution in [0.5, 0.6) is 0 Å². The minimum atomic E-state index is 0. The van der Waals surface area contributed by atoms with E-state index in [1.807, 2.05) is 11.3 Å². The second-order valence-electron chi connectivity index (χ2n) is 4.59. The standard InChI is InChI=1S/C14H12N2S2.ClH/c1-16-13-9-6-8-18-11(9)5-4-10(13)15-14(16)12-3-2-7-17-12;/h2-3,6-8H,4-5H2,1H3;1H. The zero-order chi connectivity index (χ0) is 12.1. The Morgan fingerprint density at radius 1 is 1.16 bits per heavy atom. The molecular weight excluding hydrogens is 296 g/mol. The topological polar surface area (TPSA) is 19.7 Å². The highest BCUT2D eigenvalue weighted by Gasteiger charge is 2.30. The van der Waals surface area contributed by atoms with E-state index in [1.165, 1.54) is 39.0 Å². The van der Waals surface area contributed by atoms with Gasteiger partial charge in [0, 0.05) is 16.9 Å². The van der Waals surface area contributed by atoms with Gasteiger partial charge in [0.1, 0.15) is 10.6 Å². The van der Waals surface area contributed by atoms with Gasteiger partial charge in [-0.2, -0.15) is 0 Å². The lowest BCUT2D eigenvalue weighted by atomic mass is 10.00. The first-order valence-corrected chi connectivity index (χ1v) is 7.82. The van der Waals surface area contributed by atoms with E-state index in [9.17, 15) is 0 Å². The Labute approximate surface area is 126 Å². The van der Waals surface area contributed by atoms with Crippen molar-refractivity contribution in [3.63, 3.8) is 0 Å². The van der Waals surface area contributed by atoms with Crippen LogP contribution >= 0.6 is 22.7 Å². The molecule has 1 aliphatic carbocycles. The summed E-state index contributed by atoms with van der Waals surface area (Å²) in [5, 5.41) is 4.34. The number of fused-ring (bicyclic) bond motifs is 3. The van der Waals surface area contributed by atoms with Crippen LogP contribution in [0.2, 0.25) is 0 Å². The molecule has 98 valence electrons. The molecule has 0 amide bonds. The van der Waals surface area contributed by atoms with E-state index in [1.54, 1.807) is 11.3 Å². The van der Waals surface area contributed by atoms with E-state index in [-0.39, 0.29) is 12.4 Å². The lowest BCUT2D eigenvalue weighted by Gasteiger charge is -2.07. The Kier molecular flexibility index (Phi) is 3.25. The van der Waals surface area contributed by atoms with E-state index >= 15 is 0 Å². The molecule has 5 heteroatoms. The van der Waals surface area contributed by atoms with Crippen LogP contribution in [0, 0.1) is 0 Å². The van der Waals surface area contributed by atoms with Crippen molar-refractivity contribution in [3.05, 3.63) is 39.5 Å². The van der Waals surface area contributed by atoms with Gasteiger partial charge in [-0.05, 0) is 29.3 Å². The number of imidazole rings is 1. The molecule has 2 nitrogen and oxygen atoms in total. The van der Waals surface area contributed by atoms with Crippen LogP contribution in [-0.4, -0.2) is 4.98 Å². The van der Waals surface area contributed by atoms with E-state index in [0.29, 0.717) is 0 Å². The predicted molar refractivity (Wildman–Crippen MR) is 76.0 cm³/mol. The minimum Gasteiger partial charge on any atom is -1.00 e. The lowest BCUT2D eigenvalue weighted by Crippen LogP contribution is -3.00. The minimum absolute atomic E-state index is 0. The van der Waals surface area contributed by atoms with Gasteiger partial charge in [0.05, 0.1) is 7.05 Å². The van der Waals surface area contributed by atoms with Gasteiger partial charge in [-0.1, -0.05) is 6.07 Å². The van der Waals surface area contributed by atoms with Gasteiger partial charge in [-0.3, -0.25) is 0 Å². The maximum absolute atomic E-state index is 3.61. The number of hydrogen-bond donors (Lipinski definition) is 1. The molecule has 0 unspecified atom stereocenters. The third kappa shape index (κ3) is 1.86. The number of aromatic amines is 1. The summed E-state index contributed by atoms with van der Waals surface area (Å²) in [4.78, 5) is 6.44. The number of aromatic nitrogens is 2. The Morgan fingerprint density at radius 3 is 2.84 bits per heavy atom. The van der Waals surface area contributed by atoms with Gasteiger partial charge in [0.2, 0.25) is 0 Å². The Bertz CT molecular complexity index is 710. The molecule has 19 heavy (non-hydrogen) atoms. The number of hydrogen-bond acceptors (Lipinski definition) is 2. The van der Waals surface area contributed by atoms with Crippen molar-refractivity contribution in [1.82, 2.24) is 4.98 Å².